The molecule has 1 saturated heterocycles. The first-order chi connectivity index (χ1) is 6.18. The Morgan fingerprint density at radius 1 is 1.38 bits per heavy atom. The minimum atomic E-state index is 0.815. The van der Waals surface area contributed by atoms with E-state index in [-0.39, 0.29) is 0 Å². The third-order valence-electron chi connectivity index (χ3n) is 2.20. The number of para-hydroxylation sites is 1. The van der Waals surface area contributed by atoms with Gasteiger partial charge in [0.05, 0.1) is 11.4 Å². The smallest absolute Gasteiger partial charge is 0.0696 e. The summed E-state index contributed by atoms with van der Waals surface area (Å²) in [6.45, 7) is 5.76. The molecule has 1 heterocycles. The first-order valence-electron chi connectivity index (χ1n) is 4.14. The van der Waals surface area contributed by atoms with Crippen molar-refractivity contribution in [3.63, 3.8) is 0 Å². The van der Waals surface area contributed by atoms with Crippen molar-refractivity contribution in [2.24, 2.45) is 0 Å². The molecule has 13 heavy (non-hydrogen) atoms. The first-order valence-corrected chi connectivity index (χ1v) is 4.93. The summed E-state index contributed by atoms with van der Waals surface area (Å²) in [5.41, 5.74) is 9.10. The second-order valence-electron chi connectivity index (χ2n) is 3.28. The van der Waals surface area contributed by atoms with Gasteiger partial charge in [-0.2, -0.15) is 0 Å². The number of nitrogens with two attached hydrogens (primary N) is 1. The monoisotopic (exact) mass is 238 g/mol. The summed E-state index contributed by atoms with van der Waals surface area (Å²) in [5.74, 6) is 0. The highest BCUT2D eigenvalue weighted by Crippen LogP contribution is 2.33. The van der Waals surface area contributed by atoms with E-state index in [1.807, 2.05) is 18.2 Å². The minimum absolute atomic E-state index is 0.815. The second-order valence-corrected chi connectivity index (χ2v) is 4.13. The van der Waals surface area contributed by atoms with Crippen molar-refractivity contribution in [2.75, 3.05) is 23.7 Å². The van der Waals surface area contributed by atoms with Gasteiger partial charge < -0.3 is 10.6 Å². The van der Waals surface area contributed by atoms with Crippen LogP contribution >= 0.6 is 15.9 Å². The van der Waals surface area contributed by atoms with Crippen molar-refractivity contribution in [2.45, 2.75) is 0 Å². The molecule has 1 aromatic rings. The highest BCUT2D eigenvalue weighted by molar-refractivity contribution is 9.10. The summed E-state index contributed by atoms with van der Waals surface area (Å²) in [6, 6.07) is 5.98. The standard InChI is InChI=1S/C10H11BrN2/c1-7-5-13(6-7)9-4-2-3-8(11)10(9)12/h2-4H,1,5-6,12H2. The fraction of sp³-hybridized carbons (Fsp3) is 0.200. The maximum absolute atomic E-state index is 5.92. The van der Waals surface area contributed by atoms with Crippen LogP contribution in [0.15, 0.2) is 34.8 Å². The summed E-state index contributed by atoms with van der Waals surface area (Å²) in [5, 5.41) is 0. The molecule has 2 nitrogen and oxygen atoms in total. The number of hydrogen-bond acceptors (Lipinski definition) is 2. The fourth-order valence-electron chi connectivity index (χ4n) is 1.47. The molecule has 3 heteroatoms. The van der Waals surface area contributed by atoms with Gasteiger partial charge in [0.25, 0.3) is 0 Å². The van der Waals surface area contributed by atoms with Crippen molar-refractivity contribution < 1.29 is 0 Å². The summed E-state index contributed by atoms with van der Waals surface area (Å²) in [6.07, 6.45) is 0. The normalized spacial score (nSPS) is 15.8. The third kappa shape index (κ3) is 1.44. The first kappa shape index (κ1) is 8.63. The van der Waals surface area contributed by atoms with Crippen LogP contribution in [0.25, 0.3) is 0 Å². The van der Waals surface area contributed by atoms with Crippen LogP contribution in [0.1, 0.15) is 0 Å². The Morgan fingerprint density at radius 3 is 2.69 bits per heavy atom. The van der Waals surface area contributed by atoms with Crippen LogP contribution in [0.2, 0.25) is 0 Å². The molecule has 0 saturated carbocycles. The van der Waals surface area contributed by atoms with Gasteiger partial charge in [-0.1, -0.05) is 12.6 Å². The molecule has 0 atom stereocenters. The van der Waals surface area contributed by atoms with Crippen molar-refractivity contribution in [1.82, 2.24) is 0 Å². The maximum Gasteiger partial charge on any atom is 0.0696 e. The average Bonchev–Trinajstić information content (AvgIpc) is 2.05. The lowest BCUT2D eigenvalue weighted by atomic mass is 10.1. The molecule has 68 valence electrons. The topological polar surface area (TPSA) is 29.3 Å². The van der Waals surface area contributed by atoms with Crippen LogP contribution in [0.5, 0.6) is 0 Å². The highest BCUT2D eigenvalue weighted by Gasteiger charge is 2.20. The molecule has 0 aliphatic carbocycles. The quantitative estimate of drug-likeness (QED) is 0.602. The summed E-state index contributed by atoms with van der Waals surface area (Å²) < 4.78 is 0.961. The number of halogens is 1. The zero-order valence-electron chi connectivity index (χ0n) is 7.26. The van der Waals surface area contributed by atoms with Gasteiger partial charge in [-0.15, -0.1) is 0 Å². The maximum atomic E-state index is 5.92. The van der Waals surface area contributed by atoms with Gasteiger partial charge in [-0.25, -0.2) is 0 Å². The molecule has 0 bridgehead atoms. The van der Waals surface area contributed by atoms with Gasteiger partial charge in [0.2, 0.25) is 0 Å². The van der Waals surface area contributed by atoms with Crippen molar-refractivity contribution in [3.8, 4) is 0 Å². The SMILES string of the molecule is C=C1CN(c2cccc(Br)c2N)C1. The van der Waals surface area contributed by atoms with E-state index >= 15 is 0 Å². The Kier molecular flexibility index (Phi) is 2.04. The molecule has 0 amide bonds. The van der Waals surface area contributed by atoms with Crippen LogP contribution in [0.3, 0.4) is 0 Å². The minimum Gasteiger partial charge on any atom is -0.396 e. The lowest BCUT2D eigenvalue weighted by Crippen LogP contribution is -2.39. The Bertz CT molecular complexity index is 352. The second kappa shape index (κ2) is 3.07. The number of benzene rings is 1. The summed E-state index contributed by atoms with van der Waals surface area (Å²) in [7, 11) is 0. The van der Waals surface area contributed by atoms with Crippen LogP contribution in [-0.2, 0) is 0 Å². The largest absolute Gasteiger partial charge is 0.396 e. The predicted molar refractivity (Wildman–Crippen MR) is 59.9 cm³/mol. The van der Waals surface area contributed by atoms with E-state index in [9.17, 15) is 0 Å². The van der Waals surface area contributed by atoms with Crippen molar-refractivity contribution in [3.05, 3.63) is 34.8 Å². The lowest BCUT2D eigenvalue weighted by Gasteiger charge is -2.36. The zero-order chi connectivity index (χ0) is 9.42. The van der Waals surface area contributed by atoms with Gasteiger partial charge in [0.15, 0.2) is 0 Å². The fourth-order valence-corrected chi connectivity index (χ4v) is 1.82. The Labute approximate surface area is 86.2 Å². The molecule has 0 spiro atoms. The molecule has 2 N–H and O–H groups in total. The Morgan fingerprint density at radius 2 is 2.08 bits per heavy atom. The number of nitrogens with zero attached hydrogens (tertiary/aromatic N) is 1. The van der Waals surface area contributed by atoms with Crippen molar-refractivity contribution in [1.29, 1.82) is 0 Å². The van der Waals surface area contributed by atoms with Gasteiger partial charge in [-0.3, -0.25) is 0 Å². The van der Waals surface area contributed by atoms with E-state index in [4.69, 9.17) is 5.73 Å². The van der Waals surface area contributed by atoms with Crippen LogP contribution in [0.4, 0.5) is 11.4 Å². The van der Waals surface area contributed by atoms with E-state index in [0.717, 1.165) is 28.9 Å². The average molecular weight is 239 g/mol. The molecular formula is C10H11BrN2. The number of anilines is 2. The molecule has 1 fully saturated rings. The van der Waals surface area contributed by atoms with Crippen LogP contribution in [0, 0.1) is 0 Å². The lowest BCUT2D eigenvalue weighted by molar-refractivity contribution is 0.777. The van der Waals surface area contributed by atoms with E-state index in [2.05, 4.69) is 27.4 Å². The molecule has 1 aromatic carbocycles. The molecule has 1 aliphatic heterocycles. The number of hydrogen-bond donors (Lipinski definition) is 1. The predicted octanol–water partition coefficient (Wildman–Crippen LogP) is 2.41. The van der Waals surface area contributed by atoms with E-state index in [1.165, 1.54) is 5.57 Å². The molecule has 0 aromatic heterocycles. The number of nitrogen functional groups attached to an aromatic ring is 1. The van der Waals surface area contributed by atoms with Gasteiger partial charge >= 0.3 is 0 Å². The van der Waals surface area contributed by atoms with Gasteiger partial charge in [-0.05, 0) is 33.6 Å². The van der Waals surface area contributed by atoms with Crippen molar-refractivity contribution >= 4 is 27.3 Å². The Balaban J connectivity index is 2.30. The van der Waals surface area contributed by atoms with E-state index in [1.54, 1.807) is 0 Å². The van der Waals surface area contributed by atoms with Gasteiger partial charge in [0.1, 0.15) is 0 Å². The molecule has 0 radical (unpaired) electrons. The summed E-state index contributed by atoms with van der Waals surface area (Å²) >= 11 is 3.41. The molecule has 0 unspecified atom stereocenters. The molecule has 2 rings (SSSR count). The highest BCUT2D eigenvalue weighted by atomic mass is 79.9. The van der Waals surface area contributed by atoms with E-state index < -0.39 is 0 Å². The van der Waals surface area contributed by atoms with Crippen LogP contribution in [-0.4, -0.2) is 13.1 Å². The molecular weight excluding hydrogens is 228 g/mol. The van der Waals surface area contributed by atoms with Gasteiger partial charge in [0, 0.05) is 17.6 Å². The Hall–Kier alpha value is -0.960. The molecule has 1 aliphatic rings. The summed E-state index contributed by atoms with van der Waals surface area (Å²) in [4.78, 5) is 2.21. The van der Waals surface area contributed by atoms with E-state index in [0.29, 0.717) is 0 Å². The number of rotatable bonds is 1. The zero-order valence-corrected chi connectivity index (χ0v) is 8.84. The van der Waals surface area contributed by atoms with Crippen LogP contribution < -0.4 is 10.6 Å². The third-order valence-corrected chi connectivity index (χ3v) is 2.89.